The summed E-state index contributed by atoms with van der Waals surface area (Å²) in [5, 5.41) is 19.3. The molecule has 0 atom stereocenters. The van der Waals surface area contributed by atoms with Crippen LogP contribution in [0.3, 0.4) is 0 Å². The zero-order valence-electron chi connectivity index (χ0n) is 9.14. The second-order valence-electron chi connectivity index (χ2n) is 3.59. The van der Waals surface area contributed by atoms with Crippen molar-refractivity contribution in [2.24, 2.45) is 4.99 Å². The molecule has 2 N–H and O–H groups in total. The van der Waals surface area contributed by atoms with Gasteiger partial charge in [-0.15, -0.1) is 0 Å². The maximum absolute atomic E-state index is 9.65. The molecule has 0 heterocycles. The first-order valence-corrected chi connectivity index (χ1v) is 6.66. The van der Waals surface area contributed by atoms with Crippen LogP contribution in [0.5, 0.6) is 11.5 Å². The zero-order valence-corrected chi connectivity index (χ0v) is 12.3. The van der Waals surface area contributed by atoms with Gasteiger partial charge < -0.3 is 10.2 Å². The topological polar surface area (TPSA) is 52.8 Å². The number of rotatable bonds is 2. The number of phenols is 2. The second kappa shape index (κ2) is 5.54. The lowest BCUT2D eigenvalue weighted by Gasteiger charge is -2.01. The summed E-state index contributed by atoms with van der Waals surface area (Å²) in [6.45, 7) is 0. The highest BCUT2D eigenvalue weighted by atomic mass is 79.9. The van der Waals surface area contributed by atoms with Crippen LogP contribution >= 0.6 is 31.9 Å². The molecule has 0 aliphatic heterocycles. The molecule has 2 aromatic rings. The Balaban J connectivity index is 2.35. The minimum absolute atomic E-state index is 0.0870. The van der Waals surface area contributed by atoms with Crippen LogP contribution in [0.4, 0.5) is 5.69 Å². The van der Waals surface area contributed by atoms with Gasteiger partial charge in [0, 0.05) is 20.7 Å². The van der Waals surface area contributed by atoms with Gasteiger partial charge in [-0.25, -0.2) is 0 Å². The van der Waals surface area contributed by atoms with Crippen LogP contribution in [-0.4, -0.2) is 16.4 Å². The molecule has 0 aromatic heterocycles. The smallest absolute Gasteiger partial charge is 0.141 e. The van der Waals surface area contributed by atoms with Gasteiger partial charge in [-0.05, 0) is 36.4 Å². The van der Waals surface area contributed by atoms with E-state index in [9.17, 15) is 10.2 Å². The molecule has 0 radical (unpaired) electrons. The zero-order chi connectivity index (χ0) is 13.1. The van der Waals surface area contributed by atoms with E-state index in [0.29, 0.717) is 11.3 Å². The van der Waals surface area contributed by atoms with Crippen LogP contribution < -0.4 is 0 Å². The van der Waals surface area contributed by atoms with E-state index in [-0.39, 0.29) is 11.5 Å². The summed E-state index contributed by atoms with van der Waals surface area (Å²) in [4.78, 5) is 4.15. The molecule has 0 spiro atoms. The molecule has 18 heavy (non-hydrogen) atoms. The van der Waals surface area contributed by atoms with Gasteiger partial charge in [0.15, 0.2) is 0 Å². The van der Waals surface area contributed by atoms with E-state index in [1.807, 2.05) is 0 Å². The molecule has 0 amide bonds. The first kappa shape index (κ1) is 13.1. The molecule has 0 unspecified atom stereocenters. The number of halogens is 2. The monoisotopic (exact) mass is 369 g/mol. The molecule has 5 heteroatoms. The van der Waals surface area contributed by atoms with Gasteiger partial charge in [-0.2, -0.15) is 0 Å². The van der Waals surface area contributed by atoms with Crippen LogP contribution in [-0.2, 0) is 0 Å². The molecule has 92 valence electrons. The van der Waals surface area contributed by atoms with Crippen molar-refractivity contribution in [3.63, 3.8) is 0 Å². The molecule has 3 nitrogen and oxygen atoms in total. The summed E-state index contributed by atoms with van der Waals surface area (Å²) in [6, 6.07) is 10.0. The van der Waals surface area contributed by atoms with E-state index in [1.54, 1.807) is 36.4 Å². The second-order valence-corrected chi connectivity index (χ2v) is 5.43. The van der Waals surface area contributed by atoms with Crippen LogP contribution in [0.1, 0.15) is 5.56 Å². The number of aromatic hydroxyl groups is 2. The molecule has 0 saturated heterocycles. The van der Waals surface area contributed by atoms with Crippen molar-refractivity contribution in [3.8, 4) is 11.5 Å². The summed E-state index contributed by atoms with van der Waals surface area (Å²) >= 11 is 6.63. The summed E-state index contributed by atoms with van der Waals surface area (Å²) in [7, 11) is 0. The maximum Gasteiger partial charge on any atom is 0.141 e. The largest absolute Gasteiger partial charge is 0.507 e. The summed E-state index contributed by atoms with van der Waals surface area (Å²) < 4.78 is 1.67. The number of hydrogen-bond acceptors (Lipinski definition) is 3. The van der Waals surface area contributed by atoms with Gasteiger partial charge in [-0.3, -0.25) is 4.99 Å². The highest BCUT2D eigenvalue weighted by molar-refractivity contribution is 9.10. The van der Waals surface area contributed by atoms with Gasteiger partial charge in [-0.1, -0.05) is 31.9 Å². The van der Waals surface area contributed by atoms with E-state index in [1.165, 1.54) is 6.21 Å². The number of hydrogen-bond donors (Lipinski definition) is 2. The molecular formula is C13H9Br2NO2. The van der Waals surface area contributed by atoms with Crippen molar-refractivity contribution in [2.75, 3.05) is 0 Å². The van der Waals surface area contributed by atoms with E-state index >= 15 is 0 Å². The van der Waals surface area contributed by atoms with Gasteiger partial charge in [0.05, 0.1) is 0 Å². The van der Waals surface area contributed by atoms with Crippen molar-refractivity contribution in [2.45, 2.75) is 0 Å². The van der Waals surface area contributed by atoms with Crippen molar-refractivity contribution >= 4 is 43.8 Å². The Kier molecular flexibility index (Phi) is 4.04. The molecule has 2 aromatic carbocycles. The maximum atomic E-state index is 9.65. The third-order valence-electron chi connectivity index (χ3n) is 2.27. The Morgan fingerprint density at radius 3 is 2.22 bits per heavy atom. The van der Waals surface area contributed by atoms with Crippen molar-refractivity contribution < 1.29 is 10.2 Å². The van der Waals surface area contributed by atoms with E-state index in [4.69, 9.17) is 0 Å². The number of nitrogens with zero attached hydrogens (tertiary/aromatic N) is 1. The van der Waals surface area contributed by atoms with E-state index < -0.39 is 0 Å². The van der Waals surface area contributed by atoms with E-state index in [0.717, 1.165) is 8.95 Å². The average Bonchev–Trinajstić information content (AvgIpc) is 2.34. The van der Waals surface area contributed by atoms with Crippen molar-refractivity contribution in [1.82, 2.24) is 0 Å². The van der Waals surface area contributed by atoms with Gasteiger partial charge in [0.1, 0.15) is 17.2 Å². The first-order valence-electron chi connectivity index (χ1n) is 5.07. The SMILES string of the molecule is Oc1ccc(Br)cc1C=Nc1cc(Br)ccc1O. The van der Waals surface area contributed by atoms with Gasteiger partial charge in [0.25, 0.3) is 0 Å². The molecule has 0 fully saturated rings. The fourth-order valence-electron chi connectivity index (χ4n) is 1.37. The van der Waals surface area contributed by atoms with E-state index in [2.05, 4.69) is 36.9 Å². The van der Waals surface area contributed by atoms with Crippen LogP contribution in [0.2, 0.25) is 0 Å². The lowest BCUT2D eigenvalue weighted by Crippen LogP contribution is -1.82. The van der Waals surface area contributed by atoms with Crippen molar-refractivity contribution in [3.05, 3.63) is 50.9 Å². The summed E-state index contributed by atoms with van der Waals surface area (Å²) in [5.74, 6) is 0.223. The Morgan fingerprint density at radius 1 is 0.889 bits per heavy atom. The summed E-state index contributed by atoms with van der Waals surface area (Å²) in [5.41, 5.74) is 1.01. The Hall–Kier alpha value is -1.33. The average molecular weight is 371 g/mol. The molecule has 2 rings (SSSR count). The predicted octanol–water partition coefficient (Wildman–Crippen LogP) is 4.37. The number of phenolic OH excluding ortho intramolecular Hbond substituents is 2. The lowest BCUT2D eigenvalue weighted by atomic mass is 10.2. The molecule has 0 aliphatic rings. The fraction of sp³-hybridized carbons (Fsp3) is 0. The van der Waals surface area contributed by atoms with Crippen LogP contribution in [0.25, 0.3) is 0 Å². The van der Waals surface area contributed by atoms with Crippen LogP contribution in [0.15, 0.2) is 50.3 Å². The Morgan fingerprint density at radius 2 is 1.50 bits per heavy atom. The Labute approximate surface area is 121 Å². The van der Waals surface area contributed by atoms with Gasteiger partial charge in [0.2, 0.25) is 0 Å². The quantitative estimate of drug-likeness (QED) is 0.771. The highest BCUT2D eigenvalue weighted by Gasteiger charge is 2.01. The molecular weight excluding hydrogens is 362 g/mol. The fourth-order valence-corrected chi connectivity index (χ4v) is 2.10. The molecule has 0 bridgehead atoms. The minimum Gasteiger partial charge on any atom is -0.507 e. The number of aliphatic imine (C=N–C) groups is 1. The first-order chi connectivity index (χ1) is 8.56. The number of benzene rings is 2. The highest BCUT2D eigenvalue weighted by Crippen LogP contribution is 2.30. The minimum atomic E-state index is 0.0870. The Bertz CT molecular complexity index is 558. The summed E-state index contributed by atoms with van der Waals surface area (Å²) in [6.07, 6.45) is 1.50. The van der Waals surface area contributed by atoms with Gasteiger partial charge >= 0.3 is 0 Å². The normalized spacial score (nSPS) is 11.0. The predicted molar refractivity (Wildman–Crippen MR) is 78.9 cm³/mol. The third-order valence-corrected chi connectivity index (χ3v) is 3.26. The van der Waals surface area contributed by atoms with Crippen molar-refractivity contribution in [1.29, 1.82) is 0 Å². The third kappa shape index (κ3) is 3.11. The van der Waals surface area contributed by atoms with Crippen LogP contribution in [0, 0.1) is 0 Å². The molecule has 0 saturated carbocycles. The lowest BCUT2D eigenvalue weighted by molar-refractivity contribution is 0.474. The standard InChI is InChI=1S/C13H9Br2NO2/c14-9-1-3-12(17)8(5-9)7-16-11-6-10(15)2-4-13(11)18/h1-7,17-18H. The molecule has 0 aliphatic carbocycles.